The van der Waals surface area contributed by atoms with E-state index in [1.165, 1.54) is 24.2 Å². The number of carbonyl (C=O) groups excluding carboxylic acids is 1. The van der Waals surface area contributed by atoms with E-state index in [1.54, 1.807) is 6.92 Å². The molecule has 25 heavy (non-hydrogen) atoms. The Bertz CT molecular complexity index is 875. The number of aromatic nitrogens is 2. The number of nitrogens with zero attached hydrogens (tertiary/aromatic N) is 4. The van der Waals surface area contributed by atoms with Gasteiger partial charge < -0.3 is 14.6 Å². The monoisotopic (exact) mass is 376 g/mol. The molecule has 1 spiro atoms. The maximum absolute atomic E-state index is 11.4. The van der Waals surface area contributed by atoms with E-state index < -0.39 is 0 Å². The summed E-state index contributed by atoms with van der Waals surface area (Å²) in [5.41, 5.74) is 0.354. The molecule has 3 fully saturated rings. The molecule has 2 atom stereocenters. The molecule has 0 bridgehead atoms. The molecule has 3 aliphatic rings. The molecular weight excluding hydrogens is 356 g/mol. The van der Waals surface area contributed by atoms with E-state index in [0.717, 1.165) is 52.4 Å². The van der Waals surface area contributed by atoms with E-state index in [2.05, 4.69) is 16.7 Å². The summed E-state index contributed by atoms with van der Waals surface area (Å²) in [4.78, 5) is 26.6. The SMILES string of the molecule is CC(=O)CC1CC12CN(c1nc(N3CC[C@@H]3C)nc3sc(Cl)cc13)C2. The van der Waals surface area contributed by atoms with Gasteiger partial charge in [-0.15, -0.1) is 11.3 Å². The first-order valence-corrected chi connectivity index (χ1v) is 10.1. The van der Waals surface area contributed by atoms with Crippen molar-refractivity contribution in [2.45, 2.75) is 39.2 Å². The molecule has 2 saturated heterocycles. The van der Waals surface area contributed by atoms with Gasteiger partial charge in [0.05, 0.1) is 9.72 Å². The van der Waals surface area contributed by atoms with Crippen LogP contribution in [0.2, 0.25) is 4.34 Å². The number of Topliss-reactive ketones (excluding diaryl/α,β-unsaturated/α-hetero) is 1. The van der Waals surface area contributed by atoms with Crippen LogP contribution in [0.25, 0.3) is 10.2 Å². The van der Waals surface area contributed by atoms with E-state index in [1.807, 2.05) is 6.07 Å². The zero-order valence-electron chi connectivity index (χ0n) is 14.5. The Hall–Kier alpha value is -1.40. The quantitative estimate of drug-likeness (QED) is 0.813. The normalized spacial score (nSPS) is 26.7. The van der Waals surface area contributed by atoms with Crippen LogP contribution in [0.1, 0.15) is 33.1 Å². The zero-order valence-corrected chi connectivity index (χ0v) is 16.0. The fraction of sp³-hybridized carbons (Fsp3) is 0.611. The lowest BCUT2D eigenvalue weighted by atomic mass is 9.91. The molecule has 0 radical (unpaired) electrons. The lowest BCUT2D eigenvalue weighted by Gasteiger charge is -2.43. The van der Waals surface area contributed by atoms with Crippen molar-refractivity contribution in [1.82, 2.24) is 9.97 Å². The minimum Gasteiger partial charge on any atom is -0.355 e. The number of hydrogen-bond acceptors (Lipinski definition) is 6. The van der Waals surface area contributed by atoms with Crippen molar-refractivity contribution in [3.05, 3.63) is 10.4 Å². The highest BCUT2D eigenvalue weighted by atomic mass is 35.5. The van der Waals surface area contributed by atoms with Crippen molar-refractivity contribution in [2.75, 3.05) is 29.4 Å². The molecule has 2 aromatic rings. The van der Waals surface area contributed by atoms with Gasteiger partial charge in [0.25, 0.3) is 0 Å². The van der Waals surface area contributed by atoms with E-state index >= 15 is 0 Å². The molecule has 7 heteroatoms. The van der Waals surface area contributed by atoms with Crippen LogP contribution < -0.4 is 9.80 Å². The van der Waals surface area contributed by atoms with Gasteiger partial charge in [0, 0.05) is 37.5 Å². The Labute approximate surface area is 156 Å². The minimum atomic E-state index is 0.309. The zero-order chi connectivity index (χ0) is 17.3. The maximum atomic E-state index is 11.4. The number of halogens is 1. The third kappa shape index (κ3) is 2.45. The first-order valence-electron chi connectivity index (χ1n) is 8.93. The van der Waals surface area contributed by atoms with Crippen LogP contribution >= 0.6 is 22.9 Å². The van der Waals surface area contributed by atoms with Crippen LogP contribution in [0, 0.1) is 11.3 Å². The number of fused-ring (bicyclic) bond motifs is 1. The molecule has 132 valence electrons. The van der Waals surface area contributed by atoms with Gasteiger partial charge in [0.2, 0.25) is 5.95 Å². The fourth-order valence-corrected chi connectivity index (χ4v) is 5.44. The molecule has 1 saturated carbocycles. The van der Waals surface area contributed by atoms with Gasteiger partial charge in [-0.3, -0.25) is 0 Å². The molecule has 0 amide bonds. The molecule has 0 aromatic carbocycles. The Morgan fingerprint density at radius 3 is 2.88 bits per heavy atom. The average Bonchev–Trinajstić information content (AvgIpc) is 3.06. The standard InChI is InChI=1S/C18H21ClN4OS/c1-10-3-4-23(10)17-20-15(13-6-14(19)25-16(13)21-17)22-8-18(9-22)7-12(18)5-11(2)24/h6,10,12H,3-5,7-9H2,1-2H3/t10-,12?/m0/s1. The highest BCUT2D eigenvalue weighted by Crippen LogP contribution is 2.61. The third-order valence-corrected chi connectivity index (χ3v) is 7.27. The summed E-state index contributed by atoms with van der Waals surface area (Å²) >= 11 is 7.79. The van der Waals surface area contributed by atoms with Crippen molar-refractivity contribution < 1.29 is 4.79 Å². The molecular formula is C18H21ClN4OS. The highest BCUT2D eigenvalue weighted by Gasteiger charge is 2.61. The van der Waals surface area contributed by atoms with Gasteiger partial charge in [0.1, 0.15) is 16.4 Å². The van der Waals surface area contributed by atoms with Gasteiger partial charge >= 0.3 is 0 Å². The summed E-state index contributed by atoms with van der Waals surface area (Å²) in [6.07, 6.45) is 3.10. The molecule has 4 heterocycles. The maximum Gasteiger partial charge on any atom is 0.228 e. The first kappa shape index (κ1) is 15.8. The van der Waals surface area contributed by atoms with Gasteiger partial charge in [-0.1, -0.05) is 11.6 Å². The Kier molecular flexibility index (Phi) is 3.36. The largest absolute Gasteiger partial charge is 0.355 e. The van der Waals surface area contributed by atoms with Gasteiger partial charge in [0.15, 0.2) is 0 Å². The van der Waals surface area contributed by atoms with Crippen LogP contribution in [0.3, 0.4) is 0 Å². The van der Waals surface area contributed by atoms with Crippen LogP contribution in [-0.2, 0) is 4.79 Å². The van der Waals surface area contributed by atoms with Crippen LogP contribution in [0.4, 0.5) is 11.8 Å². The van der Waals surface area contributed by atoms with Crippen molar-refractivity contribution in [2.24, 2.45) is 11.3 Å². The molecule has 2 aromatic heterocycles. The Balaban J connectivity index is 1.44. The molecule has 1 unspecified atom stereocenters. The number of thiophene rings is 1. The van der Waals surface area contributed by atoms with E-state index in [4.69, 9.17) is 21.6 Å². The highest BCUT2D eigenvalue weighted by molar-refractivity contribution is 7.22. The van der Waals surface area contributed by atoms with Gasteiger partial charge in [-0.2, -0.15) is 4.98 Å². The Morgan fingerprint density at radius 2 is 2.24 bits per heavy atom. The van der Waals surface area contributed by atoms with E-state index in [-0.39, 0.29) is 0 Å². The minimum absolute atomic E-state index is 0.309. The van der Waals surface area contributed by atoms with Crippen LogP contribution in [-0.4, -0.2) is 41.4 Å². The van der Waals surface area contributed by atoms with E-state index in [9.17, 15) is 4.79 Å². The summed E-state index contributed by atoms with van der Waals surface area (Å²) in [6, 6.07) is 2.50. The van der Waals surface area contributed by atoms with Crippen molar-refractivity contribution in [1.29, 1.82) is 0 Å². The lowest BCUT2D eigenvalue weighted by molar-refractivity contribution is -0.117. The second-order valence-electron chi connectivity index (χ2n) is 7.97. The smallest absolute Gasteiger partial charge is 0.228 e. The predicted octanol–water partition coefficient (Wildman–Crippen LogP) is 3.75. The molecule has 5 nitrogen and oxygen atoms in total. The molecule has 1 aliphatic carbocycles. The molecule has 2 aliphatic heterocycles. The molecule has 5 rings (SSSR count). The predicted molar refractivity (Wildman–Crippen MR) is 102 cm³/mol. The van der Waals surface area contributed by atoms with Crippen molar-refractivity contribution in [3.8, 4) is 0 Å². The molecule has 0 N–H and O–H groups in total. The second kappa shape index (κ2) is 5.30. The number of rotatable bonds is 4. The Morgan fingerprint density at radius 1 is 1.44 bits per heavy atom. The number of carbonyl (C=O) groups is 1. The third-order valence-electron chi connectivity index (χ3n) is 6.11. The number of ketones is 1. The van der Waals surface area contributed by atoms with E-state index in [0.29, 0.717) is 23.2 Å². The number of anilines is 2. The summed E-state index contributed by atoms with van der Waals surface area (Å²) in [5, 5.41) is 1.06. The summed E-state index contributed by atoms with van der Waals surface area (Å²) in [5.74, 6) is 2.72. The van der Waals surface area contributed by atoms with Gasteiger partial charge in [-0.25, -0.2) is 4.98 Å². The second-order valence-corrected chi connectivity index (χ2v) is 9.64. The van der Waals surface area contributed by atoms with Crippen molar-refractivity contribution in [3.63, 3.8) is 0 Å². The topological polar surface area (TPSA) is 49.3 Å². The van der Waals surface area contributed by atoms with Gasteiger partial charge in [-0.05, 0) is 38.7 Å². The summed E-state index contributed by atoms with van der Waals surface area (Å²) in [6.45, 7) is 6.94. The summed E-state index contributed by atoms with van der Waals surface area (Å²) < 4.78 is 0.760. The number of hydrogen-bond donors (Lipinski definition) is 0. The summed E-state index contributed by atoms with van der Waals surface area (Å²) in [7, 11) is 0. The lowest BCUT2D eigenvalue weighted by Crippen LogP contribution is -2.51. The van der Waals surface area contributed by atoms with Crippen LogP contribution in [0.5, 0.6) is 0 Å². The van der Waals surface area contributed by atoms with Crippen LogP contribution in [0.15, 0.2) is 6.07 Å². The van der Waals surface area contributed by atoms with Crippen molar-refractivity contribution >= 4 is 50.7 Å². The average molecular weight is 377 g/mol. The fourth-order valence-electron chi connectivity index (χ4n) is 4.37. The first-order chi connectivity index (χ1) is 11.9.